The summed E-state index contributed by atoms with van der Waals surface area (Å²) in [6, 6.07) is 12.7. The molecule has 1 amide bonds. The van der Waals surface area contributed by atoms with Crippen molar-refractivity contribution in [3.8, 4) is 0 Å². The minimum atomic E-state index is -4.42. The van der Waals surface area contributed by atoms with Gasteiger partial charge in [0.1, 0.15) is 6.04 Å². The third kappa shape index (κ3) is 5.35. The molecule has 0 saturated carbocycles. The predicted octanol–water partition coefficient (Wildman–Crippen LogP) is 3.60. The quantitative estimate of drug-likeness (QED) is 0.649. The van der Waals surface area contributed by atoms with Crippen molar-refractivity contribution in [2.75, 3.05) is 41.6 Å². The molecule has 1 fully saturated rings. The third-order valence-corrected chi connectivity index (χ3v) is 6.63. The number of rotatable bonds is 6. The maximum absolute atomic E-state index is 13.3. The molecular formula is C22H26F3N3O3S. The van der Waals surface area contributed by atoms with E-state index < -0.39 is 27.8 Å². The van der Waals surface area contributed by atoms with Crippen LogP contribution in [0.4, 0.5) is 24.5 Å². The van der Waals surface area contributed by atoms with E-state index >= 15 is 0 Å². The number of amides is 1. The Morgan fingerprint density at radius 1 is 1.03 bits per heavy atom. The molecular weight excluding hydrogens is 443 g/mol. The first kappa shape index (κ1) is 23.9. The molecule has 2 aromatic rings. The van der Waals surface area contributed by atoms with E-state index in [0.717, 1.165) is 22.7 Å². The fourth-order valence-electron chi connectivity index (χ4n) is 3.89. The Bertz CT molecular complexity index is 1040. The van der Waals surface area contributed by atoms with E-state index in [-0.39, 0.29) is 25.4 Å². The van der Waals surface area contributed by atoms with E-state index in [1.54, 1.807) is 53.1 Å². The number of para-hydroxylation sites is 1. The van der Waals surface area contributed by atoms with Crippen LogP contribution in [0.25, 0.3) is 0 Å². The Morgan fingerprint density at radius 3 is 2.19 bits per heavy atom. The molecule has 1 heterocycles. The van der Waals surface area contributed by atoms with Crippen LogP contribution >= 0.6 is 0 Å². The van der Waals surface area contributed by atoms with Crippen molar-refractivity contribution in [2.24, 2.45) is 0 Å². The number of sulfonamides is 1. The first-order valence-electron chi connectivity index (χ1n) is 10.3. The third-order valence-electron chi connectivity index (χ3n) is 5.45. The average Bonchev–Trinajstić information content (AvgIpc) is 2.76. The Balaban J connectivity index is 1.75. The zero-order chi connectivity index (χ0) is 23.5. The van der Waals surface area contributed by atoms with Crippen molar-refractivity contribution in [3.63, 3.8) is 0 Å². The molecule has 174 valence electrons. The number of benzene rings is 2. The van der Waals surface area contributed by atoms with Crippen molar-refractivity contribution >= 4 is 27.3 Å². The molecule has 0 radical (unpaired) electrons. The topological polar surface area (TPSA) is 60.9 Å². The summed E-state index contributed by atoms with van der Waals surface area (Å²) in [5.74, 6) is -0.314. The summed E-state index contributed by atoms with van der Waals surface area (Å²) in [7, 11) is -3.72. The normalized spacial score (nSPS) is 16.0. The molecule has 1 atom stereocenters. The summed E-state index contributed by atoms with van der Waals surface area (Å²) in [6.45, 7) is 3.04. The van der Waals surface area contributed by atoms with Gasteiger partial charge >= 0.3 is 6.18 Å². The van der Waals surface area contributed by atoms with E-state index in [0.29, 0.717) is 24.5 Å². The van der Waals surface area contributed by atoms with Gasteiger partial charge in [-0.1, -0.05) is 31.2 Å². The van der Waals surface area contributed by atoms with Gasteiger partial charge < -0.3 is 9.80 Å². The molecule has 0 aliphatic carbocycles. The number of alkyl halides is 3. The molecule has 1 saturated heterocycles. The zero-order valence-corrected chi connectivity index (χ0v) is 18.7. The second kappa shape index (κ2) is 9.40. The minimum absolute atomic E-state index is 0.286. The van der Waals surface area contributed by atoms with Crippen molar-refractivity contribution < 1.29 is 26.4 Å². The van der Waals surface area contributed by atoms with Crippen LogP contribution in [0.2, 0.25) is 0 Å². The highest BCUT2D eigenvalue weighted by molar-refractivity contribution is 7.92. The van der Waals surface area contributed by atoms with Crippen LogP contribution < -0.4 is 9.21 Å². The highest BCUT2D eigenvalue weighted by Crippen LogP contribution is 2.32. The lowest BCUT2D eigenvalue weighted by Gasteiger charge is -2.39. The highest BCUT2D eigenvalue weighted by Gasteiger charge is 2.36. The minimum Gasteiger partial charge on any atom is -0.368 e. The average molecular weight is 470 g/mol. The second-order valence-corrected chi connectivity index (χ2v) is 9.54. The lowest BCUT2D eigenvalue weighted by molar-refractivity contribution is -0.137. The van der Waals surface area contributed by atoms with E-state index in [1.165, 1.54) is 6.07 Å². The maximum Gasteiger partial charge on any atom is 0.416 e. The monoisotopic (exact) mass is 469 g/mol. The van der Waals surface area contributed by atoms with Gasteiger partial charge in [-0.2, -0.15) is 13.2 Å². The van der Waals surface area contributed by atoms with E-state index in [9.17, 15) is 26.4 Å². The Labute approximate surface area is 186 Å². The molecule has 0 unspecified atom stereocenters. The lowest BCUT2D eigenvalue weighted by atomic mass is 10.1. The number of hydrogen-bond donors (Lipinski definition) is 0. The van der Waals surface area contributed by atoms with Gasteiger partial charge in [-0.3, -0.25) is 9.10 Å². The summed E-state index contributed by atoms with van der Waals surface area (Å²) >= 11 is 0. The van der Waals surface area contributed by atoms with Gasteiger partial charge in [0.05, 0.1) is 17.5 Å². The fourth-order valence-corrected chi connectivity index (χ4v) is 5.10. The SMILES string of the molecule is CC[C@H](C(=O)N1CCN(c2cccc(C(F)(F)F)c2)CC1)N(c1ccccc1)S(C)(=O)=O. The molecule has 32 heavy (non-hydrogen) atoms. The van der Waals surface area contributed by atoms with Gasteiger partial charge in [-0.15, -0.1) is 0 Å². The number of piperazine rings is 1. The zero-order valence-electron chi connectivity index (χ0n) is 17.9. The van der Waals surface area contributed by atoms with Crippen LogP contribution in [0.5, 0.6) is 0 Å². The molecule has 3 rings (SSSR count). The fraction of sp³-hybridized carbons (Fsp3) is 0.409. The van der Waals surface area contributed by atoms with E-state index in [4.69, 9.17) is 0 Å². The number of nitrogens with zero attached hydrogens (tertiary/aromatic N) is 3. The van der Waals surface area contributed by atoms with Crippen molar-refractivity contribution in [1.82, 2.24) is 4.90 Å². The van der Waals surface area contributed by atoms with Gasteiger partial charge in [-0.05, 0) is 36.8 Å². The summed E-state index contributed by atoms with van der Waals surface area (Å²) in [5, 5.41) is 0. The summed E-state index contributed by atoms with van der Waals surface area (Å²) < 4.78 is 65.2. The van der Waals surface area contributed by atoms with E-state index in [2.05, 4.69) is 0 Å². The lowest BCUT2D eigenvalue weighted by Crippen LogP contribution is -2.56. The first-order valence-corrected chi connectivity index (χ1v) is 12.1. The van der Waals surface area contributed by atoms with Gasteiger partial charge in [0.2, 0.25) is 15.9 Å². The molecule has 0 spiro atoms. The van der Waals surface area contributed by atoms with Crippen LogP contribution in [0.1, 0.15) is 18.9 Å². The number of carbonyl (C=O) groups is 1. The Kier molecular flexibility index (Phi) is 7.02. The molecule has 0 aromatic heterocycles. The van der Waals surface area contributed by atoms with Crippen LogP contribution in [0.15, 0.2) is 54.6 Å². The standard InChI is InChI=1S/C22H26F3N3O3S/c1-3-20(28(32(2,30)31)18-9-5-4-6-10-18)21(29)27-14-12-26(13-15-27)19-11-7-8-17(16-19)22(23,24)25/h4-11,16,20H,3,12-15H2,1-2H3/t20-/m1/s1. The first-order chi connectivity index (χ1) is 15.0. The number of halogens is 3. The summed E-state index contributed by atoms with van der Waals surface area (Å²) in [6.07, 6.45) is -3.06. The van der Waals surface area contributed by atoms with Crippen LogP contribution in [0, 0.1) is 0 Å². The van der Waals surface area contributed by atoms with Gasteiger partial charge in [0.25, 0.3) is 0 Å². The molecule has 0 bridgehead atoms. The second-order valence-electron chi connectivity index (χ2n) is 7.68. The van der Waals surface area contributed by atoms with Crippen molar-refractivity contribution in [3.05, 3.63) is 60.2 Å². The molecule has 6 nitrogen and oxygen atoms in total. The van der Waals surface area contributed by atoms with Crippen LogP contribution in [-0.4, -0.2) is 57.7 Å². The van der Waals surface area contributed by atoms with Crippen molar-refractivity contribution in [2.45, 2.75) is 25.6 Å². The van der Waals surface area contributed by atoms with Crippen LogP contribution in [0.3, 0.4) is 0 Å². The van der Waals surface area contributed by atoms with E-state index in [1.807, 2.05) is 0 Å². The molecule has 10 heteroatoms. The summed E-state index contributed by atoms with van der Waals surface area (Å²) in [4.78, 5) is 16.7. The highest BCUT2D eigenvalue weighted by atomic mass is 32.2. The maximum atomic E-state index is 13.3. The number of anilines is 2. The Morgan fingerprint density at radius 2 is 1.66 bits per heavy atom. The number of hydrogen-bond acceptors (Lipinski definition) is 4. The molecule has 1 aliphatic heterocycles. The van der Waals surface area contributed by atoms with Crippen molar-refractivity contribution in [1.29, 1.82) is 0 Å². The Hall–Kier alpha value is -2.75. The smallest absolute Gasteiger partial charge is 0.368 e. The molecule has 2 aromatic carbocycles. The number of carbonyl (C=O) groups excluding carboxylic acids is 1. The summed E-state index contributed by atoms with van der Waals surface area (Å²) in [5.41, 5.74) is 0.144. The predicted molar refractivity (Wildman–Crippen MR) is 118 cm³/mol. The molecule has 0 N–H and O–H groups in total. The van der Waals surface area contributed by atoms with Gasteiger partial charge in [0.15, 0.2) is 0 Å². The van der Waals surface area contributed by atoms with Crippen LogP contribution in [-0.2, 0) is 21.0 Å². The van der Waals surface area contributed by atoms with Gasteiger partial charge in [-0.25, -0.2) is 8.42 Å². The largest absolute Gasteiger partial charge is 0.416 e. The van der Waals surface area contributed by atoms with Gasteiger partial charge in [0, 0.05) is 31.9 Å². The molecule has 1 aliphatic rings.